The lowest BCUT2D eigenvalue weighted by atomic mass is 10.0. The molecule has 0 radical (unpaired) electrons. The van der Waals surface area contributed by atoms with E-state index in [0.29, 0.717) is 13.2 Å². The van der Waals surface area contributed by atoms with Crippen LogP contribution < -0.4 is 5.73 Å². The summed E-state index contributed by atoms with van der Waals surface area (Å²) in [6, 6.07) is 7.70. The van der Waals surface area contributed by atoms with E-state index in [1.807, 2.05) is 31.2 Å². The molecule has 1 aromatic carbocycles. The molecule has 0 bridgehead atoms. The molecular weight excluding hydrogens is 210 g/mol. The maximum Gasteiger partial charge on any atom is 0.0778 e. The van der Waals surface area contributed by atoms with Crippen LogP contribution in [0.1, 0.15) is 25.8 Å². The first-order valence-electron chi connectivity index (χ1n) is 5.19. The van der Waals surface area contributed by atoms with Crippen LogP contribution in [0.25, 0.3) is 0 Å². The van der Waals surface area contributed by atoms with Gasteiger partial charge < -0.3 is 10.5 Å². The highest BCUT2D eigenvalue weighted by Crippen LogP contribution is 2.20. The van der Waals surface area contributed by atoms with Crippen LogP contribution in [0.4, 0.5) is 0 Å². The van der Waals surface area contributed by atoms with E-state index < -0.39 is 0 Å². The molecule has 0 fully saturated rings. The zero-order valence-corrected chi connectivity index (χ0v) is 10.1. The third kappa shape index (κ3) is 3.49. The van der Waals surface area contributed by atoms with Crippen LogP contribution >= 0.6 is 11.6 Å². The van der Waals surface area contributed by atoms with Gasteiger partial charge in [0.15, 0.2) is 0 Å². The van der Waals surface area contributed by atoms with Gasteiger partial charge in [-0.3, -0.25) is 0 Å². The maximum absolute atomic E-state index is 6.03. The Balaban J connectivity index is 2.61. The van der Waals surface area contributed by atoms with Gasteiger partial charge >= 0.3 is 0 Å². The molecule has 0 aromatic heterocycles. The van der Waals surface area contributed by atoms with Crippen LogP contribution in [0, 0.1) is 0 Å². The topological polar surface area (TPSA) is 35.2 Å². The molecule has 0 amide bonds. The molecule has 84 valence electrons. The van der Waals surface area contributed by atoms with Crippen molar-refractivity contribution in [1.82, 2.24) is 0 Å². The Morgan fingerprint density at radius 1 is 1.40 bits per heavy atom. The van der Waals surface area contributed by atoms with Crippen LogP contribution in [-0.2, 0) is 11.3 Å². The van der Waals surface area contributed by atoms with Crippen LogP contribution in [0.2, 0.25) is 5.02 Å². The quantitative estimate of drug-likeness (QED) is 0.840. The zero-order chi connectivity index (χ0) is 11.3. The van der Waals surface area contributed by atoms with Crippen molar-refractivity contribution >= 4 is 11.6 Å². The molecule has 1 rings (SSSR count). The van der Waals surface area contributed by atoms with Gasteiger partial charge in [0.05, 0.1) is 12.2 Å². The van der Waals surface area contributed by atoms with E-state index in [-0.39, 0.29) is 5.60 Å². The van der Waals surface area contributed by atoms with E-state index in [1.54, 1.807) is 0 Å². The summed E-state index contributed by atoms with van der Waals surface area (Å²) in [5.74, 6) is 0. The summed E-state index contributed by atoms with van der Waals surface area (Å²) in [4.78, 5) is 0. The first-order valence-corrected chi connectivity index (χ1v) is 5.56. The van der Waals surface area contributed by atoms with Gasteiger partial charge in [-0.15, -0.1) is 0 Å². The van der Waals surface area contributed by atoms with Crippen LogP contribution in [0.3, 0.4) is 0 Å². The summed E-state index contributed by atoms with van der Waals surface area (Å²) in [6.07, 6.45) is 0.897. The number of benzene rings is 1. The molecule has 0 aliphatic carbocycles. The lowest BCUT2D eigenvalue weighted by molar-refractivity contribution is -0.0387. The van der Waals surface area contributed by atoms with Gasteiger partial charge in [0.25, 0.3) is 0 Å². The highest BCUT2D eigenvalue weighted by Gasteiger charge is 2.20. The Labute approximate surface area is 96.4 Å². The molecule has 0 saturated carbocycles. The van der Waals surface area contributed by atoms with E-state index >= 15 is 0 Å². The number of rotatable bonds is 5. The molecule has 0 saturated heterocycles. The second kappa shape index (κ2) is 5.50. The Morgan fingerprint density at radius 2 is 2.07 bits per heavy atom. The van der Waals surface area contributed by atoms with Crippen molar-refractivity contribution in [3.8, 4) is 0 Å². The first-order chi connectivity index (χ1) is 7.11. The van der Waals surface area contributed by atoms with Gasteiger partial charge in [0, 0.05) is 11.6 Å². The van der Waals surface area contributed by atoms with Crippen molar-refractivity contribution in [2.45, 2.75) is 32.5 Å². The molecule has 2 N–H and O–H groups in total. The van der Waals surface area contributed by atoms with Crippen LogP contribution in [0.5, 0.6) is 0 Å². The molecule has 15 heavy (non-hydrogen) atoms. The summed E-state index contributed by atoms with van der Waals surface area (Å²) in [6.45, 7) is 5.12. The van der Waals surface area contributed by atoms with Crippen molar-refractivity contribution in [2.24, 2.45) is 5.73 Å². The highest BCUT2D eigenvalue weighted by atomic mass is 35.5. The van der Waals surface area contributed by atoms with E-state index in [0.717, 1.165) is 17.0 Å². The van der Waals surface area contributed by atoms with Gasteiger partial charge in [-0.1, -0.05) is 36.7 Å². The molecule has 3 heteroatoms. The van der Waals surface area contributed by atoms with Crippen molar-refractivity contribution in [3.05, 3.63) is 34.9 Å². The average molecular weight is 228 g/mol. The van der Waals surface area contributed by atoms with Gasteiger partial charge in [-0.2, -0.15) is 0 Å². The highest BCUT2D eigenvalue weighted by molar-refractivity contribution is 6.31. The molecule has 0 spiro atoms. The van der Waals surface area contributed by atoms with Gasteiger partial charge in [-0.25, -0.2) is 0 Å². The predicted molar refractivity (Wildman–Crippen MR) is 64.0 cm³/mol. The first kappa shape index (κ1) is 12.5. The summed E-state index contributed by atoms with van der Waals surface area (Å²) in [7, 11) is 0. The second-order valence-electron chi connectivity index (χ2n) is 3.89. The van der Waals surface area contributed by atoms with Crippen LogP contribution in [-0.4, -0.2) is 12.1 Å². The Bertz CT molecular complexity index is 310. The lowest BCUT2D eigenvalue weighted by Crippen LogP contribution is -2.36. The molecule has 0 aliphatic heterocycles. The summed E-state index contributed by atoms with van der Waals surface area (Å²) >= 11 is 6.03. The molecule has 1 aromatic rings. The molecule has 0 heterocycles. The molecular formula is C12H18ClNO. The summed E-state index contributed by atoms with van der Waals surface area (Å²) in [5, 5.41) is 0.743. The number of hydrogen-bond acceptors (Lipinski definition) is 2. The van der Waals surface area contributed by atoms with Crippen molar-refractivity contribution in [3.63, 3.8) is 0 Å². The van der Waals surface area contributed by atoms with Gasteiger partial charge in [0.2, 0.25) is 0 Å². The number of ether oxygens (including phenoxy) is 1. The largest absolute Gasteiger partial charge is 0.369 e. The SMILES string of the molecule is CCC(C)(CN)OCc1ccccc1Cl. The fraction of sp³-hybridized carbons (Fsp3) is 0.500. The second-order valence-corrected chi connectivity index (χ2v) is 4.29. The monoisotopic (exact) mass is 227 g/mol. The third-order valence-corrected chi connectivity index (χ3v) is 3.08. The molecule has 1 unspecified atom stereocenters. The fourth-order valence-corrected chi connectivity index (χ4v) is 1.36. The van der Waals surface area contributed by atoms with Gasteiger partial charge in [0.1, 0.15) is 0 Å². The normalized spacial score (nSPS) is 14.9. The molecule has 1 atom stereocenters. The minimum Gasteiger partial charge on any atom is -0.369 e. The molecule has 2 nitrogen and oxygen atoms in total. The number of halogens is 1. The summed E-state index contributed by atoms with van der Waals surface area (Å²) < 4.78 is 5.79. The lowest BCUT2D eigenvalue weighted by Gasteiger charge is -2.27. The van der Waals surface area contributed by atoms with E-state index in [4.69, 9.17) is 22.1 Å². The zero-order valence-electron chi connectivity index (χ0n) is 9.29. The van der Waals surface area contributed by atoms with Crippen molar-refractivity contribution < 1.29 is 4.74 Å². The smallest absolute Gasteiger partial charge is 0.0778 e. The third-order valence-electron chi connectivity index (χ3n) is 2.71. The average Bonchev–Trinajstić information content (AvgIpc) is 2.28. The fourth-order valence-electron chi connectivity index (χ4n) is 1.17. The van der Waals surface area contributed by atoms with Gasteiger partial charge in [-0.05, 0) is 25.0 Å². The van der Waals surface area contributed by atoms with Crippen LogP contribution in [0.15, 0.2) is 24.3 Å². The standard InChI is InChI=1S/C12H18ClNO/c1-3-12(2,9-14)15-8-10-6-4-5-7-11(10)13/h4-7H,3,8-9,14H2,1-2H3. The minimum absolute atomic E-state index is 0.251. The molecule has 0 aliphatic rings. The Kier molecular flexibility index (Phi) is 4.58. The maximum atomic E-state index is 6.03. The summed E-state index contributed by atoms with van der Waals surface area (Å²) in [5.41, 5.74) is 6.42. The van der Waals surface area contributed by atoms with Crippen molar-refractivity contribution in [1.29, 1.82) is 0 Å². The van der Waals surface area contributed by atoms with E-state index in [2.05, 4.69) is 6.92 Å². The number of hydrogen-bond donors (Lipinski definition) is 1. The van der Waals surface area contributed by atoms with Crippen molar-refractivity contribution in [2.75, 3.05) is 6.54 Å². The Morgan fingerprint density at radius 3 is 2.60 bits per heavy atom. The van der Waals surface area contributed by atoms with E-state index in [1.165, 1.54) is 0 Å². The minimum atomic E-state index is -0.251. The predicted octanol–water partition coefficient (Wildman–Crippen LogP) is 2.98. The number of nitrogens with two attached hydrogens (primary N) is 1. The van der Waals surface area contributed by atoms with E-state index in [9.17, 15) is 0 Å². The Hall–Kier alpha value is -0.570.